The highest BCUT2D eigenvalue weighted by Crippen LogP contribution is 2.35. The van der Waals surface area contributed by atoms with Crippen LogP contribution in [0.4, 0.5) is 0 Å². The lowest BCUT2D eigenvalue weighted by atomic mass is 10.0. The first-order valence-corrected chi connectivity index (χ1v) is 9.87. The van der Waals surface area contributed by atoms with Gasteiger partial charge in [-0.15, -0.1) is 0 Å². The van der Waals surface area contributed by atoms with Crippen molar-refractivity contribution >= 4 is 17.5 Å². The van der Waals surface area contributed by atoms with Crippen LogP contribution >= 0.6 is 11.6 Å². The third-order valence-corrected chi connectivity index (χ3v) is 5.56. The Labute approximate surface area is 169 Å². The van der Waals surface area contributed by atoms with Gasteiger partial charge in [-0.3, -0.25) is 4.79 Å². The molecule has 1 amide bonds. The summed E-state index contributed by atoms with van der Waals surface area (Å²) >= 11 is 6.27. The number of carbonyl (C=O) groups excluding carboxylic acids is 1. The van der Waals surface area contributed by atoms with Crippen LogP contribution in [0.1, 0.15) is 55.7 Å². The van der Waals surface area contributed by atoms with Crippen molar-refractivity contribution in [1.82, 2.24) is 15.0 Å². The summed E-state index contributed by atoms with van der Waals surface area (Å²) in [6.45, 7) is 4.75. The molecule has 6 heteroatoms. The molecule has 144 valence electrons. The predicted octanol–water partition coefficient (Wildman–Crippen LogP) is 5.38. The maximum atomic E-state index is 12.4. The van der Waals surface area contributed by atoms with E-state index >= 15 is 0 Å². The number of nitrogens with zero attached hydrogens (tertiary/aromatic N) is 3. The van der Waals surface area contributed by atoms with E-state index in [9.17, 15) is 4.79 Å². The largest absolute Gasteiger partial charge is 0.337 e. The molecule has 5 nitrogen and oxygen atoms in total. The summed E-state index contributed by atoms with van der Waals surface area (Å²) in [7, 11) is 0. The van der Waals surface area contributed by atoms with E-state index < -0.39 is 0 Å². The van der Waals surface area contributed by atoms with Crippen LogP contribution in [0.3, 0.4) is 0 Å². The summed E-state index contributed by atoms with van der Waals surface area (Å²) < 4.78 is 5.54. The molecule has 1 aliphatic heterocycles. The smallest absolute Gasteiger partial charge is 0.249 e. The quantitative estimate of drug-likeness (QED) is 0.582. The fourth-order valence-electron chi connectivity index (χ4n) is 3.50. The van der Waals surface area contributed by atoms with Gasteiger partial charge in [0.2, 0.25) is 17.6 Å². The molecule has 0 N–H and O–H groups in total. The standard InChI is InChI=1S/C22H22ClN3O2/c1-14(2)15-7-9-16(10-8-15)21-24-22(28-25-21)19-11-12-20(27)26(19)13-17-5-3-4-6-18(17)23/h3-10,14,19H,11-13H2,1-2H3. The molecule has 3 aromatic rings. The summed E-state index contributed by atoms with van der Waals surface area (Å²) in [5.41, 5.74) is 3.08. The molecule has 1 aliphatic rings. The van der Waals surface area contributed by atoms with Gasteiger partial charge in [-0.05, 0) is 29.5 Å². The van der Waals surface area contributed by atoms with Crippen LogP contribution in [0.25, 0.3) is 11.4 Å². The lowest BCUT2D eigenvalue weighted by Crippen LogP contribution is -2.27. The van der Waals surface area contributed by atoms with E-state index in [1.54, 1.807) is 4.90 Å². The molecule has 1 saturated heterocycles. The van der Waals surface area contributed by atoms with Crippen LogP contribution < -0.4 is 0 Å². The van der Waals surface area contributed by atoms with Crippen molar-refractivity contribution in [2.75, 3.05) is 0 Å². The third kappa shape index (κ3) is 3.67. The van der Waals surface area contributed by atoms with Gasteiger partial charge in [0.15, 0.2) is 0 Å². The van der Waals surface area contributed by atoms with Crippen LogP contribution in [-0.2, 0) is 11.3 Å². The second kappa shape index (κ2) is 7.76. The van der Waals surface area contributed by atoms with E-state index in [-0.39, 0.29) is 11.9 Å². The molecule has 0 radical (unpaired) electrons. The zero-order chi connectivity index (χ0) is 19.7. The molecule has 28 heavy (non-hydrogen) atoms. The maximum Gasteiger partial charge on any atom is 0.249 e. The first-order chi connectivity index (χ1) is 13.5. The number of hydrogen-bond acceptors (Lipinski definition) is 4. The Hall–Kier alpha value is -2.66. The number of hydrogen-bond donors (Lipinski definition) is 0. The van der Waals surface area contributed by atoms with E-state index in [1.807, 2.05) is 36.4 Å². The maximum absolute atomic E-state index is 12.4. The Bertz CT molecular complexity index is 981. The van der Waals surface area contributed by atoms with Crippen LogP contribution in [0, 0.1) is 0 Å². The van der Waals surface area contributed by atoms with Gasteiger partial charge in [0.25, 0.3) is 0 Å². The Morgan fingerprint density at radius 2 is 1.93 bits per heavy atom. The second-order valence-corrected chi connectivity index (χ2v) is 7.81. The van der Waals surface area contributed by atoms with E-state index in [4.69, 9.17) is 16.1 Å². The average Bonchev–Trinajstić information content (AvgIpc) is 3.31. The topological polar surface area (TPSA) is 59.2 Å². The zero-order valence-corrected chi connectivity index (χ0v) is 16.7. The molecular weight excluding hydrogens is 374 g/mol. The van der Waals surface area contributed by atoms with Crippen LogP contribution in [-0.4, -0.2) is 20.9 Å². The first kappa shape index (κ1) is 18.7. The molecule has 0 aliphatic carbocycles. The molecule has 1 atom stereocenters. The van der Waals surface area contributed by atoms with Crippen molar-refractivity contribution in [2.24, 2.45) is 0 Å². The van der Waals surface area contributed by atoms with E-state index in [0.717, 1.165) is 11.1 Å². The first-order valence-electron chi connectivity index (χ1n) is 9.49. The van der Waals surface area contributed by atoms with Crippen molar-refractivity contribution in [3.63, 3.8) is 0 Å². The fraction of sp³-hybridized carbons (Fsp3) is 0.318. The summed E-state index contributed by atoms with van der Waals surface area (Å²) in [6, 6.07) is 15.5. The lowest BCUT2D eigenvalue weighted by molar-refractivity contribution is -0.129. The third-order valence-electron chi connectivity index (χ3n) is 5.19. The summed E-state index contributed by atoms with van der Waals surface area (Å²) in [5.74, 6) is 1.56. The van der Waals surface area contributed by atoms with Gasteiger partial charge >= 0.3 is 0 Å². The Balaban J connectivity index is 1.56. The minimum Gasteiger partial charge on any atom is -0.337 e. The number of carbonyl (C=O) groups is 1. The number of rotatable bonds is 5. The molecular formula is C22H22ClN3O2. The highest BCUT2D eigenvalue weighted by Gasteiger charge is 2.36. The minimum absolute atomic E-state index is 0.0750. The highest BCUT2D eigenvalue weighted by atomic mass is 35.5. The van der Waals surface area contributed by atoms with Gasteiger partial charge in [-0.25, -0.2) is 0 Å². The van der Waals surface area contributed by atoms with Gasteiger partial charge in [-0.2, -0.15) is 4.98 Å². The molecule has 0 spiro atoms. The van der Waals surface area contributed by atoms with Crippen molar-refractivity contribution in [3.8, 4) is 11.4 Å². The molecule has 2 aromatic carbocycles. The van der Waals surface area contributed by atoms with Gasteiger partial charge in [0.1, 0.15) is 6.04 Å². The SMILES string of the molecule is CC(C)c1ccc(-c2noc(C3CCC(=O)N3Cc3ccccc3Cl)n2)cc1. The van der Waals surface area contributed by atoms with Crippen molar-refractivity contribution in [2.45, 2.75) is 45.2 Å². The predicted molar refractivity (Wildman–Crippen MR) is 108 cm³/mol. The number of amides is 1. The Morgan fingerprint density at radius 1 is 1.18 bits per heavy atom. The summed E-state index contributed by atoms with van der Waals surface area (Å²) in [4.78, 5) is 18.8. The average molecular weight is 396 g/mol. The van der Waals surface area contributed by atoms with Crippen molar-refractivity contribution < 1.29 is 9.32 Å². The van der Waals surface area contributed by atoms with Gasteiger partial charge in [-0.1, -0.05) is 73.1 Å². The normalized spacial score (nSPS) is 16.9. The molecule has 0 bridgehead atoms. The molecule has 4 rings (SSSR count). The van der Waals surface area contributed by atoms with E-state index in [1.165, 1.54) is 5.56 Å². The van der Waals surface area contributed by atoms with Gasteiger partial charge in [0.05, 0.1) is 0 Å². The zero-order valence-electron chi connectivity index (χ0n) is 15.9. The molecule has 0 saturated carbocycles. The molecule has 1 unspecified atom stereocenters. The molecule has 2 heterocycles. The monoisotopic (exact) mass is 395 g/mol. The number of likely N-dealkylation sites (tertiary alicyclic amines) is 1. The second-order valence-electron chi connectivity index (χ2n) is 7.40. The number of benzene rings is 2. The lowest BCUT2D eigenvalue weighted by Gasteiger charge is -2.22. The summed E-state index contributed by atoms with van der Waals surface area (Å²) in [6.07, 6.45) is 1.13. The Kier molecular flexibility index (Phi) is 5.18. The van der Waals surface area contributed by atoms with Crippen LogP contribution in [0.2, 0.25) is 5.02 Å². The van der Waals surface area contributed by atoms with E-state index in [0.29, 0.717) is 42.0 Å². The molecule has 1 aromatic heterocycles. The Morgan fingerprint density at radius 3 is 2.64 bits per heavy atom. The van der Waals surface area contributed by atoms with Crippen LogP contribution in [0.15, 0.2) is 53.1 Å². The van der Waals surface area contributed by atoms with Crippen molar-refractivity contribution in [3.05, 3.63) is 70.6 Å². The van der Waals surface area contributed by atoms with Crippen molar-refractivity contribution in [1.29, 1.82) is 0 Å². The van der Waals surface area contributed by atoms with Gasteiger partial charge < -0.3 is 9.42 Å². The fourth-order valence-corrected chi connectivity index (χ4v) is 3.70. The minimum atomic E-state index is -0.222. The van der Waals surface area contributed by atoms with E-state index in [2.05, 4.69) is 36.1 Å². The number of aromatic nitrogens is 2. The van der Waals surface area contributed by atoms with Gasteiger partial charge in [0, 0.05) is 23.6 Å². The number of halogens is 1. The highest BCUT2D eigenvalue weighted by molar-refractivity contribution is 6.31. The summed E-state index contributed by atoms with van der Waals surface area (Å²) in [5, 5.41) is 4.79. The molecule has 1 fully saturated rings. The van der Waals surface area contributed by atoms with Crippen LogP contribution in [0.5, 0.6) is 0 Å².